The molecule has 0 spiro atoms. The van der Waals surface area contributed by atoms with Crippen LogP contribution in [0.3, 0.4) is 0 Å². The van der Waals surface area contributed by atoms with E-state index in [-0.39, 0.29) is 24.7 Å². The third-order valence-corrected chi connectivity index (χ3v) is 5.00. The number of ether oxygens (including phenoxy) is 1. The van der Waals surface area contributed by atoms with Gasteiger partial charge in [-0.2, -0.15) is 0 Å². The van der Waals surface area contributed by atoms with Crippen molar-refractivity contribution < 1.29 is 19.1 Å². The number of esters is 1. The number of fused-ring (bicyclic) bond motifs is 1. The van der Waals surface area contributed by atoms with Gasteiger partial charge in [0.25, 0.3) is 0 Å². The summed E-state index contributed by atoms with van der Waals surface area (Å²) in [7, 11) is 0. The van der Waals surface area contributed by atoms with Gasteiger partial charge in [-0.15, -0.1) is 0 Å². The van der Waals surface area contributed by atoms with Crippen LogP contribution in [0.15, 0.2) is 66.7 Å². The zero-order chi connectivity index (χ0) is 19.7. The van der Waals surface area contributed by atoms with Crippen molar-refractivity contribution in [2.45, 2.75) is 13.3 Å². The van der Waals surface area contributed by atoms with Gasteiger partial charge in [-0.3, -0.25) is 14.4 Å². The molecule has 1 aliphatic heterocycles. The first kappa shape index (κ1) is 17.9. The molecule has 0 aromatic heterocycles. The van der Waals surface area contributed by atoms with E-state index in [0.29, 0.717) is 11.3 Å². The number of carbonyl (C=O) groups is 3. The average Bonchev–Trinajstić information content (AvgIpc) is 3.09. The van der Waals surface area contributed by atoms with E-state index >= 15 is 0 Å². The van der Waals surface area contributed by atoms with Crippen LogP contribution in [0, 0.1) is 5.92 Å². The molecule has 0 unspecified atom stereocenters. The summed E-state index contributed by atoms with van der Waals surface area (Å²) in [5.41, 5.74) is 1.36. The van der Waals surface area contributed by atoms with Crippen LogP contribution >= 0.6 is 0 Å². The number of carbonyl (C=O) groups excluding carboxylic acids is 3. The second-order valence-electron chi connectivity index (χ2n) is 6.91. The molecule has 3 aromatic rings. The molecule has 1 fully saturated rings. The number of hydrogen-bond donors (Lipinski definition) is 0. The Balaban J connectivity index is 1.51. The summed E-state index contributed by atoms with van der Waals surface area (Å²) < 4.78 is 5.42. The molecule has 5 heteroatoms. The van der Waals surface area contributed by atoms with E-state index < -0.39 is 11.9 Å². The molecular weight excluding hydrogens is 354 g/mol. The Morgan fingerprint density at radius 1 is 0.964 bits per heavy atom. The topological polar surface area (TPSA) is 63.7 Å². The summed E-state index contributed by atoms with van der Waals surface area (Å²) in [4.78, 5) is 38.1. The Morgan fingerprint density at radius 2 is 1.68 bits per heavy atom. The molecule has 140 valence electrons. The van der Waals surface area contributed by atoms with Crippen LogP contribution in [-0.2, 0) is 9.59 Å². The van der Waals surface area contributed by atoms with Gasteiger partial charge in [0.2, 0.25) is 5.91 Å². The summed E-state index contributed by atoms with van der Waals surface area (Å²) in [5.74, 6) is -0.744. The Labute approximate surface area is 162 Å². The third-order valence-electron chi connectivity index (χ3n) is 5.00. The van der Waals surface area contributed by atoms with E-state index in [4.69, 9.17) is 4.74 Å². The van der Waals surface area contributed by atoms with Crippen LogP contribution in [0.2, 0.25) is 0 Å². The molecule has 1 heterocycles. The number of benzene rings is 3. The molecule has 4 rings (SSSR count). The van der Waals surface area contributed by atoms with Crippen molar-refractivity contribution in [2.24, 2.45) is 5.92 Å². The van der Waals surface area contributed by atoms with Crippen LogP contribution in [-0.4, -0.2) is 24.2 Å². The van der Waals surface area contributed by atoms with Gasteiger partial charge in [0.1, 0.15) is 5.75 Å². The Kier molecular flexibility index (Phi) is 4.65. The molecule has 0 radical (unpaired) electrons. The van der Waals surface area contributed by atoms with Crippen LogP contribution in [0.25, 0.3) is 10.8 Å². The van der Waals surface area contributed by atoms with Crippen molar-refractivity contribution in [2.75, 3.05) is 11.4 Å². The predicted octanol–water partition coefficient (Wildman–Crippen LogP) is 4.00. The highest BCUT2D eigenvalue weighted by atomic mass is 16.5. The van der Waals surface area contributed by atoms with Crippen molar-refractivity contribution in [3.8, 4) is 5.75 Å². The summed E-state index contributed by atoms with van der Waals surface area (Å²) in [6.45, 7) is 1.77. The summed E-state index contributed by atoms with van der Waals surface area (Å²) in [5, 5.41) is 2.02. The number of amides is 1. The van der Waals surface area contributed by atoms with Crippen LogP contribution in [0.1, 0.15) is 23.7 Å². The fourth-order valence-corrected chi connectivity index (χ4v) is 3.50. The van der Waals surface area contributed by atoms with Gasteiger partial charge < -0.3 is 9.64 Å². The van der Waals surface area contributed by atoms with Crippen LogP contribution < -0.4 is 9.64 Å². The second kappa shape index (κ2) is 7.27. The third kappa shape index (κ3) is 3.39. The molecule has 5 nitrogen and oxygen atoms in total. The monoisotopic (exact) mass is 373 g/mol. The molecule has 1 saturated heterocycles. The first-order valence-corrected chi connectivity index (χ1v) is 9.14. The molecule has 0 saturated carbocycles. The van der Waals surface area contributed by atoms with E-state index in [9.17, 15) is 14.4 Å². The van der Waals surface area contributed by atoms with Crippen molar-refractivity contribution in [1.29, 1.82) is 0 Å². The maximum Gasteiger partial charge on any atom is 0.316 e. The zero-order valence-corrected chi connectivity index (χ0v) is 15.4. The van der Waals surface area contributed by atoms with Gasteiger partial charge in [-0.1, -0.05) is 36.4 Å². The van der Waals surface area contributed by atoms with Gasteiger partial charge in [0.05, 0.1) is 11.6 Å². The zero-order valence-electron chi connectivity index (χ0n) is 15.4. The number of nitrogens with zero attached hydrogens (tertiary/aromatic N) is 1. The minimum atomic E-state index is -0.529. The molecular formula is C23H19NO4. The first-order chi connectivity index (χ1) is 13.5. The minimum absolute atomic E-state index is 0.0509. The molecule has 1 aliphatic rings. The summed E-state index contributed by atoms with van der Waals surface area (Å²) >= 11 is 0. The van der Waals surface area contributed by atoms with Gasteiger partial charge >= 0.3 is 5.97 Å². The number of ketones is 1. The van der Waals surface area contributed by atoms with E-state index in [0.717, 1.165) is 16.5 Å². The average molecular weight is 373 g/mol. The SMILES string of the molecule is CC(=O)c1ccc(OC(=O)[C@H]2CC(=O)N(c3cccc4ccccc34)C2)cc1. The van der Waals surface area contributed by atoms with Crippen LogP contribution in [0.5, 0.6) is 5.75 Å². The molecule has 1 atom stereocenters. The quantitative estimate of drug-likeness (QED) is 0.394. The predicted molar refractivity (Wildman–Crippen MR) is 106 cm³/mol. The Morgan fingerprint density at radius 3 is 2.43 bits per heavy atom. The van der Waals surface area contributed by atoms with Crippen molar-refractivity contribution in [3.63, 3.8) is 0 Å². The van der Waals surface area contributed by atoms with Gasteiger partial charge in [-0.05, 0) is 42.6 Å². The Hall–Kier alpha value is -3.47. The highest BCUT2D eigenvalue weighted by Crippen LogP contribution is 2.32. The lowest BCUT2D eigenvalue weighted by atomic mass is 10.1. The van der Waals surface area contributed by atoms with E-state index in [1.165, 1.54) is 6.92 Å². The van der Waals surface area contributed by atoms with Gasteiger partial charge in [-0.25, -0.2) is 0 Å². The molecule has 3 aromatic carbocycles. The molecule has 0 aliphatic carbocycles. The normalized spacial score (nSPS) is 16.4. The van der Waals surface area contributed by atoms with Crippen molar-refractivity contribution in [3.05, 3.63) is 72.3 Å². The lowest BCUT2D eigenvalue weighted by Gasteiger charge is -2.18. The molecule has 0 bridgehead atoms. The summed E-state index contributed by atoms with van der Waals surface area (Å²) in [6.07, 6.45) is 0.119. The lowest BCUT2D eigenvalue weighted by molar-refractivity contribution is -0.139. The van der Waals surface area contributed by atoms with Crippen LogP contribution in [0.4, 0.5) is 5.69 Å². The maximum atomic E-state index is 12.6. The smallest absolute Gasteiger partial charge is 0.316 e. The fraction of sp³-hybridized carbons (Fsp3) is 0.174. The fourth-order valence-electron chi connectivity index (χ4n) is 3.50. The molecule has 1 amide bonds. The van der Waals surface area contributed by atoms with Gasteiger partial charge in [0, 0.05) is 23.9 Å². The number of anilines is 1. The number of hydrogen-bond acceptors (Lipinski definition) is 4. The van der Waals surface area contributed by atoms with Crippen molar-refractivity contribution >= 4 is 34.1 Å². The van der Waals surface area contributed by atoms with E-state index in [2.05, 4.69) is 0 Å². The van der Waals surface area contributed by atoms with Crippen molar-refractivity contribution in [1.82, 2.24) is 0 Å². The minimum Gasteiger partial charge on any atom is -0.426 e. The second-order valence-corrected chi connectivity index (χ2v) is 6.91. The summed E-state index contributed by atoms with van der Waals surface area (Å²) in [6, 6.07) is 20.1. The highest BCUT2D eigenvalue weighted by Gasteiger charge is 2.37. The molecule has 0 N–H and O–H groups in total. The first-order valence-electron chi connectivity index (χ1n) is 9.14. The standard InChI is InChI=1S/C23H19NO4/c1-15(25)16-9-11-19(12-10-16)28-23(27)18-13-22(26)24(14-18)21-8-4-6-17-5-2-3-7-20(17)21/h2-12,18H,13-14H2,1H3/t18-/m0/s1. The number of rotatable bonds is 4. The number of Topliss-reactive ketones (excluding diaryl/α,β-unsaturated/α-hetero) is 1. The van der Waals surface area contributed by atoms with E-state index in [1.54, 1.807) is 29.2 Å². The lowest BCUT2D eigenvalue weighted by Crippen LogP contribution is -2.27. The maximum absolute atomic E-state index is 12.6. The Bertz CT molecular complexity index is 1070. The van der Waals surface area contributed by atoms with E-state index in [1.807, 2.05) is 42.5 Å². The highest BCUT2D eigenvalue weighted by molar-refractivity contribution is 6.06. The molecule has 28 heavy (non-hydrogen) atoms. The largest absolute Gasteiger partial charge is 0.426 e. The van der Waals surface area contributed by atoms with Gasteiger partial charge in [0.15, 0.2) is 5.78 Å².